The molecule has 8 unspecified atom stereocenters. The molecule has 2 heterocycles. The summed E-state index contributed by atoms with van der Waals surface area (Å²) in [5.74, 6) is 2.63. The summed E-state index contributed by atoms with van der Waals surface area (Å²) in [5.41, 5.74) is 0.399. The van der Waals surface area contributed by atoms with Crippen molar-refractivity contribution in [1.29, 1.82) is 0 Å². The first kappa shape index (κ1) is 24.6. The van der Waals surface area contributed by atoms with Crippen molar-refractivity contribution < 1.29 is 19.4 Å². The minimum absolute atomic E-state index is 0.0452. The quantitative estimate of drug-likeness (QED) is 0.611. The molecule has 6 fully saturated rings. The maximum absolute atomic E-state index is 12.2. The molecule has 0 amide bonds. The normalized spacial score (nSPS) is 50.9. The van der Waals surface area contributed by atoms with E-state index in [-0.39, 0.29) is 29.6 Å². The molecule has 0 bridgehead atoms. The van der Waals surface area contributed by atoms with E-state index in [1.807, 2.05) is 0 Å². The standard InChI is InChI=1S/C29H48N2O4/c1-19(32)35-27-24(30-10-4-5-11-30)17-23-21-7-6-20-16-26(33)25(31-12-14-34-15-13-31)18-29(20,3)22(21)8-9-28(23,27)2/h20-27,33H,4-18H2,1-3H3/t20?,21?,22?,23?,24?,25?,26?,27?,28-,29-/m0/s1. The second-order valence-electron chi connectivity index (χ2n) is 13.5. The van der Waals surface area contributed by atoms with E-state index in [4.69, 9.17) is 9.47 Å². The van der Waals surface area contributed by atoms with Crippen LogP contribution in [0.3, 0.4) is 0 Å². The number of carbonyl (C=O) groups is 1. The number of fused-ring (bicyclic) bond motifs is 5. The Bertz CT molecular complexity index is 796. The third-order valence-electron chi connectivity index (χ3n) is 12.0. The largest absolute Gasteiger partial charge is 0.460 e. The van der Waals surface area contributed by atoms with Crippen LogP contribution in [0.2, 0.25) is 0 Å². The minimum Gasteiger partial charge on any atom is -0.460 e. The Labute approximate surface area is 212 Å². The molecule has 0 spiro atoms. The monoisotopic (exact) mass is 488 g/mol. The third-order valence-corrected chi connectivity index (χ3v) is 12.0. The van der Waals surface area contributed by atoms with Crippen LogP contribution in [0.4, 0.5) is 0 Å². The Morgan fingerprint density at radius 3 is 2.34 bits per heavy atom. The molecule has 6 aliphatic rings. The number of rotatable bonds is 3. The van der Waals surface area contributed by atoms with Crippen LogP contribution in [0.15, 0.2) is 0 Å². The maximum Gasteiger partial charge on any atom is 0.302 e. The molecule has 2 aliphatic heterocycles. The highest BCUT2D eigenvalue weighted by Crippen LogP contribution is 2.67. The van der Waals surface area contributed by atoms with Gasteiger partial charge in [-0.05, 0) is 100.0 Å². The van der Waals surface area contributed by atoms with E-state index in [2.05, 4.69) is 23.6 Å². The second kappa shape index (κ2) is 9.25. The van der Waals surface area contributed by atoms with Gasteiger partial charge in [0.1, 0.15) is 6.10 Å². The zero-order valence-corrected chi connectivity index (χ0v) is 22.3. The van der Waals surface area contributed by atoms with Crippen molar-refractivity contribution in [3.05, 3.63) is 0 Å². The van der Waals surface area contributed by atoms with Crippen molar-refractivity contribution in [2.24, 2.45) is 34.5 Å². The molecule has 6 nitrogen and oxygen atoms in total. The molecule has 0 radical (unpaired) electrons. The Morgan fingerprint density at radius 2 is 1.63 bits per heavy atom. The van der Waals surface area contributed by atoms with Crippen molar-refractivity contribution in [3.63, 3.8) is 0 Å². The summed E-state index contributed by atoms with van der Waals surface area (Å²) in [5, 5.41) is 11.2. The molecule has 6 heteroatoms. The number of carbonyl (C=O) groups excluding carboxylic acids is 1. The van der Waals surface area contributed by atoms with Gasteiger partial charge in [-0.3, -0.25) is 14.6 Å². The fourth-order valence-corrected chi connectivity index (χ4v) is 10.3. The van der Waals surface area contributed by atoms with Gasteiger partial charge in [0.25, 0.3) is 0 Å². The average molecular weight is 489 g/mol. The molecular weight excluding hydrogens is 440 g/mol. The van der Waals surface area contributed by atoms with Crippen LogP contribution < -0.4 is 0 Å². The van der Waals surface area contributed by atoms with Gasteiger partial charge in [-0.1, -0.05) is 13.8 Å². The predicted octanol–water partition coefficient (Wildman–Crippen LogP) is 3.71. The zero-order valence-electron chi connectivity index (χ0n) is 22.3. The minimum atomic E-state index is -0.198. The van der Waals surface area contributed by atoms with E-state index in [1.165, 1.54) is 44.9 Å². The van der Waals surface area contributed by atoms with E-state index < -0.39 is 0 Å². The fraction of sp³-hybridized carbons (Fsp3) is 0.966. The molecule has 4 saturated carbocycles. The number of aliphatic hydroxyl groups excluding tert-OH is 1. The number of hydrogen-bond donors (Lipinski definition) is 1. The lowest BCUT2D eigenvalue weighted by Crippen LogP contribution is -2.61. The number of ether oxygens (including phenoxy) is 2. The molecule has 35 heavy (non-hydrogen) atoms. The lowest BCUT2D eigenvalue weighted by atomic mass is 9.44. The fourth-order valence-electron chi connectivity index (χ4n) is 10.3. The van der Waals surface area contributed by atoms with Gasteiger partial charge in [0.05, 0.1) is 19.3 Å². The zero-order chi connectivity index (χ0) is 24.4. The Kier molecular flexibility index (Phi) is 6.51. The molecule has 1 N–H and O–H groups in total. The van der Waals surface area contributed by atoms with Crippen molar-refractivity contribution in [1.82, 2.24) is 9.80 Å². The van der Waals surface area contributed by atoms with Gasteiger partial charge in [0, 0.05) is 37.5 Å². The first-order chi connectivity index (χ1) is 16.8. The van der Waals surface area contributed by atoms with Crippen LogP contribution in [0, 0.1) is 34.5 Å². The SMILES string of the molecule is CC(=O)OC1C(N2CCCC2)CC2C3CCC4CC(O)C(N5CCOCC5)C[C@]4(C)C3CC[C@@]21C. The van der Waals surface area contributed by atoms with Crippen molar-refractivity contribution >= 4 is 5.97 Å². The number of esters is 1. The molecule has 2 saturated heterocycles. The number of hydrogen-bond acceptors (Lipinski definition) is 6. The molecule has 0 aromatic rings. The van der Waals surface area contributed by atoms with E-state index in [0.29, 0.717) is 23.3 Å². The number of morpholine rings is 1. The summed E-state index contributed by atoms with van der Waals surface area (Å²) in [6.07, 6.45) is 10.7. The summed E-state index contributed by atoms with van der Waals surface area (Å²) >= 11 is 0. The van der Waals surface area contributed by atoms with E-state index in [0.717, 1.165) is 64.1 Å². The summed E-state index contributed by atoms with van der Waals surface area (Å²) in [6, 6.07) is 0.678. The van der Waals surface area contributed by atoms with Gasteiger partial charge in [-0.25, -0.2) is 0 Å². The summed E-state index contributed by atoms with van der Waals surface area (Å²) < 4.78 is 11.8. The van der Waals surface area contributed by atoms with Gasteiger partial charge in [0.15, 0.2) is 0 Å². The van der Waals surface area contributed by atoms with Gasteiger partial charge in [-0.2, -0.15) is 0 Å². The Balaban J connectivity index is 1.27. The van der Waals surface area contributed by atoms with E-state index >= 15 is 0 Å². The van der Waals surface area contributed by atoms with Crippen LogP contribution in [0.25, 0.3) is 0 Å². The van der Waals surface area contributed by atoms with Gasteiger partial charge in [-0.15, -0.1) is 0 Å². The van der Waals surface area contributed by atoms with Crippen LogP contribution in [-0.2, 0) is 14.3 Å². The Morgan fingerprint density at radius 1 is 0.914 bits per heavy atom. The predicted molar refractivity (Wildman–Crippen MR) is 135 cm³/mol. The average Bonchev–Trinajstić information content (AvgIpc) is 3.46. The molecule has 6 rings (SSSR count). The van der Waals surface area contributed by atoms with Crippen molar-refractivity contribution in [2.75, 3.05) is 39.4 Å². The van der Waals surface area contributed by atoms with Gasteiger partial charge < -0.3 is 14.6 Å². The second-order valence-corrected chi connectivity index (χ2v) is 13.5. The molecular formula is C29H48N2O4. The highest BCUT2D eigenvalue weighted by molar-refractivity contribution is 5.66. The number of nitrogens with zero attached hydrogens (tertiary/aromatic N) is 2. The summed E-state index contributed by atoms with van der Waals surface area (Å²) in [7, 11) is 0. The third kappa shape index (κ3) is 4.00. The van der Waals surface area contributed by atoms with Crippen LogP contribution >= 0.6 is 0 Å². The molecule has 0 aromatic carbocycles. The Hall–Kier alpha value is -0.690. The first-order valence-electron chi connectivity index (χ1n) is 14.7. The molecule has 0 aromatic heterocycles. The summed E-state index contributed by atoms with van der Waals surface area (Å²) in [6.45, 7) is 12.5. The smallest absolute Gasteiger partial charge is 0.302 e. The molecule has 4 aliphatic carbocycles. The van der Waals surface area contributed by atoms with E-state index in [1.54, 1.807) is 6.92 Å². The van der Waals surface area contributed by atoms with Gasteiger partial charge in [0.2, 0.25) is 0 Å². The number of likely N-dealkylation sites (tertiary alicyclic amines) is 1. The lowest BCUT2D eigenvalue weighted by Gasteiger charge is -2.62. The van der Waals surface area contributed by atoms with Crippen molar-refractivity contribution in [3.8, 4) is 0 Å². The highest BCUT2D eigenvalue weighted by atomic mass is 16.5. The van der Waals surface area contributed by atoms with Crippen molar-refractivity contribution in [2.45, 2.75) is 103 Å². The lowest BCUT2D eigenvalue weighted by molar-refractivity contribution is -0.172. The first-order valence-corrected chi connectivity index (χ1v) is 14.7. The van der Waals surface area contributed by atoms with Crippen LogP contribution in [0.1, 0.15) is 78.6 Å². The number of aliphatic hydroxyl groups is 1. The molecule has 198 valence electrons. The van der Waals surface area contributed by atoms with Crippen LogP contribution in [0.5, 0.6) is 0 Å². The van der Waals surface area contributed by atoms with E-state index in [9.17, 15) is 9.90 Å². The summed E-state index contributed by atoms with van der Waals surface area (Å²) in [4.78, 5) is 17.4. The van der Waals surface area contributed by atoms with Gasteiger partial charge >= 0.3 is 5.97 Å². The topological polar surface area (TPSA) is 62.2 Å². The maximum atomic E-state index is 12.2. The van der Waals surface area contributed by atoms with Crippen LogP contribution in [-0.4, -0.2) is 84.6 Å². The highest BCUT2D eigenvalue weighted by Gasteiger charge is 2.65. The molecule has 10 atom stereocenters.